The normalized spacial score (nSPS) is 13.4. The standard InChI is InChI=1S/C31H37N3O3/c1-4-7-9-12-25(6-3)23-32-28(24-35)19-21-37-29-17-15-26(16-18-29)22-30(27-13-10-8-11-14-27)31(36)34-33-20-5-2/h4,6-11,13-18,20,23-24,30,35H,1,5,12,19,21-22H2,2-3H3,(H,34,36)/b9-7-,25-6+,28-24-,32-23+,33-20+. The Balaban J connectivity index is 1.94. The second kappa shape index (κ2) is 17.3. The average Bonchev–Trinajstić information content (AvgIpc) is 2.93. The summed E-state index contributed by atoms with van der Waals surface area (Å²) in [6.45, 7) is 7.95. The van der Waals surface area contributed by atoms with Crippen LogP contribution in [-0.2, 0) is 11.2 Å². The molecule has 0 aliphatic heterocycles. The van der Waals surface area contributed by atoms with Gasteiger partial charge in [0, 0.05) is 18.9 Å². The Hall–Kier alpha value is -4.19. The summed E-state index contributed by atoms with van der Waals surface area (Å²) in [7, 11) is 0. The smallest absolute Gasteiger partial charge is 0.247 e. The van der Waals surface area contributed by atoms with Gasteiger partial charge in [0.2, 0.25) is 5.91 Å². The number of carbonyl (C=O) groups is 1. The van der Waals surface area contributed by atoms with Crippen molar-refractivity contribution >= 4 is 18.3 Å². The van der Waals surface area contributed by atoms with E-state index in [0.717, 1.165) is 35.8 Å². The lowest BCUT2D eigenvalue weighted by Gasteiger charge is -2.16. The Morgan fingerprint density at radius 1 is 1.16 bits per heavy atom. The van der Waals surface area contributed by atoms with E-state index in [1.54, 1.807) is 18.5 Å². The van der Waals surface area contributed by atoms with Crippen molar-refractivity contribution in [3.8, 4) is 5.75 Å². The quantitative estimate of drug-likeness (QED) is 0.122. The number of rotatable bonds is 15. The van der Waals surface area contributed by atoms with Crippen molar-refractivity contribution in [1.82, 2.24) is 5.43 Å². The molecule has 6 heteroatoms. The zero-order chi connectivity index (χ0) is 26.7. The zero-order valence-corrected chi connectivity index (χ0v) is 21.7. The van der Waals surface area contributed by atoms with Crippen molar-refractivity contribution < 1.29 is 14.6 Å². The molecule has 1 atom stereocenters. The average molecular weight is 500 g/mol. The summed E-state index contributed by atoms with van der Waals surface area (Å²) in [5.41, 5.74) is 6.17. The first-order valence-corrected chi connectivity index (χ1v) is 12.5. The molecule has 0 heterocycles. The molecule has 6 nitrogen and oxygen atoms in total. The second-order valence-electron chi connectivity index (χ2n) is 8.22. The molecule has 1 unspecified atom stereocenters. The van der Waals surface area contributed by atoms with Crippen LogP contribution in [0.1, 0.15) is 50.2 Å². The van der Waals surface area contributed by atoms with Gasteiger partial charge in [0.1, 0.15) is 12.0 Å². The fourth-order valence-corrected chi connectivity index (χ4v) is 3.43. The second-order valence-corrected chi connectivity index (χ2v) is 8.22. The monoisotopic (exact) mass is 499 g/mol. The fourth-order valence-electron chi connectivity index (χ4n) is 3.43. The van der Waals surface area contributed by atoms with Gasteiger partial charge in [0.15, 0.2) is 0 Å². The predicted octanol–water partition coefficient (Wildman–Crippen LogP) is 6.84. The maximum Gasteiger partial charge on any atom is 0.247 e. The van der Waals surface area contributed by atoms with Crippen molar-refractivity contribution in [3.63, 3.8) is 0 Å². The molecule has 0 spiro atoms. The number of carbonyl (C=O) groups excluding carboxylic acids is 1. The molecule has 194 valence electrons. The van der Waals surface area contributed by atoms with Crippen LogP contribution >= 0.6 is 0 Å². The van der Waals surface area contributed by atoms with Gasteiger partial charge in [-0.3, -0.25) is 9.79 Å². The predicted molar refractivity (Wildman–Crippen MR) is 153 cm³/mol. The minimum absolute atomic E-state index is 0.141. The van der Waals surface area contributed by atoms with E-state index < -0.39 is 0 Å². The van der Waals surface area contributed by atoms with Crippen LogP contribution in [0.5, 0.6) is 5.75 Å². The van der Waals surface area contributed by atoms with Crippen molar-refractivity contribution in [2.24, 2.45) is 10.1 Å². The molecule has 0 aliphatic rings. The minimum atomic E-state index is -0.355. The number of amides is 1. The van der Waals surface area contributed by atoms with Gasteiger partial charge in [0.25, 0.3) is 0 Å². The highest BCUT2D eigenvalue weighted by molar-refractivity contribution is 5.84. The van der Waals surface area contributed by atoms with Crippen LogP contribution in [0.3, 0.4) is 0 Å². The van der Waals surface area contributed by atoms with Gasteiger partial charge in [-0.15, -0.1) is 0 Å². The summed E-state index contributed by atoms with van der Waals surface area (Å²) >= 11 is 0. The van der Waals surface area contributed by atoms with Crippen molar-refractivity contribution in [3.05, 3.63) is 114 Å². The maximum atomic E-state index is 12.8. The van der Waals surface area contributed by atoms with Crippen molar-refractivity contribution in [1.29, 1.82) is 0 Å². The number of aliphatic imine (C=N–C) groups is 1. The Kier molecular flexibility index (Phi) is 13.6. The molecule has 2 N–H and O–H groups in total. The Morgan fingerprint density at radius 3 is 2.57 bits per heavy atom. The maximum absolute atomic E-state index is 12.8. The number of nitrogens with zero attached hydrogens (tertiary/aromatic N) is 2. The third-order valence-electron chi connectivity index (χ3n) is 5.50. The minimum Gasteiger partial charge on any atom is -0.514 e. The van der Waals surface area contributed by atoms with E-state index in [2.05, 4.69) is 22.1 Å². The number of nitrogens with one attached hydrogen (secondary N) is 1. The van der Waals surface area contributed by atoms with Crippen LogP contribution < -0.4 is 10.2 Å². The lowest BCUT2D eigenvalue weighted by Crippen LogP contribution is -2.26. The first-order chi connectivity index (χ1) is 18.1. The van der Waals surface area contributed by atoms with Gasteiger partial charge in [0.05, 0.1) is 18.2 Å². The highest BCUT2D eigenvalue weighted by Gasteiger charge is 2.20. The van der Waals surface area contributed by atoms with Gasteiger partial charge >= 0.3 is 0 Å². The number of allylic oxidation sites excluding steroid dienone is 5. The molecule has 37 heavy (non-hydrogen) atoms. The van der Waals surface area contributed by atoms with Gasteiger partial charge in [-0.25, -0.2) is 5.43 Å². The van der Waals surface area contributed by atoms with Crippen LogP contribution in [0.2, 0.25) is 0 Å². The van der Waals surface area contributed by atoms with Crippen LogP contribution in [0.25, 0.3) is 0 Å². The number of aliphatic hydroxyl groups excluding tert-OH is 1. The fraction of sp³-hybridized carbons (Fsp3) is 0.258. The van der Waals surface area contributed by atoms with Gasteiger partial charge in [-0.05, 0) is 55.0 Å². The lowest BCUT2D eigenvalue weighted by atomic mass is 9.91. The van der Waals surface area contributed by atoms with Gasteiger partial charge < -0.3 is 9.84 Å². The molecule has 0 bridgehead atoms. The van der Waals surface area contributed by atoms with E-state index in [9.17, 15) is 9.90 Å². The molecule has 0 fully saturated rings. The summed E-state index contributed by atoms with van der Waals surface area (Å²) in [5.74, 6) is 0.214. The van der Waals surface area contributed by atoms with Gasteiger partial charge in [-0.2, -0.15) is 5.10 Å². The third-order valence-corrected chi connectivity index (χ3v) is 5.50. The summed E-state index contributed by atoms with van der Waals surface area (Å²) in [5, 5.41) is 13.5. The van der Waals surface area contributed by atoms with E-state index in [1.807, 2.05) is 86.7 Å². The Morgan fingerprint density at radius 2 is 1.92 bits per heavy atom. The topological polar surface area (TPSA) is 83.3 Å². The largest absolute Gasteiger partial charge is 0.514 e. The van der Waals surface area contributed by atoms with Crippen LogP contribution in [0.15, 0.2) is 113 Å². The number of aliphatic hydroxyl groups is 1. The zero-order valence-electron chi connectivity index (χ0n) is 21.7. The van der Waals surface area contributed by atoms with Gasteiger partial charge in [-0.1, -0.05) is 80.3 Å². The molecule has 2 rings (SSSR count). The Labute approximate surface area is 220 Å². The summed E-state index contributed by atoms with van der Waals surface area (Å²) < 4.78 is 5.85. The highest BCUT2D eigenvalue weighted by atomic mass is 16.5. The van der Waals surface area contributed by atoms with Crippen molar-refractivity contribution in [2.75, 3.05) is 6.61 Å². The highest BCUT2D eigenvalue weighted by Crippen LogP contribution is 2.23. The molecule has 2 aromatic rings. The van der Waals surface area contributed by atoms with Crippen LogP contribution in [0, 0.1) is 0 Å². The van der Waals surface area contributed by atoms with Crippen LogP contribution in [0.4, 0.5) is 0 Å². The van der Waals surface area contributed by atoms with E-state index in [1.165, 1.54) is 0 Å². The van der Waals surface area contributed by atoms with E-state index in [4.69, 9.17) is 4.74 Å². The molecule has 0 aromatic heterocycles. The summed E-state index contributed by atoms with van der Waals surface area (Å²) in [6.07, 6.45) is 14.5. The molecular weight excluding hydrogens is 462 g/mol. The molecule has 0 aliphatic carbocycles. The third kappa shape index (κ3) is 10.9. The number of hydrogen-bond acceptors (Lipinski definition) is 5. The number of hydrogen-bond donors (Lipinski definition) is 2. The first-order valence-electron chi connectivity index (χ1n) is 12.5. The SMILES string of the molecule is C=C/C=C\CC(/C=N/C(=C\O)CCOc1ccc(CC(C(=O)N/N=C/CC)c2ccccc2)cc1)=C\C. The molecule has 0 saturated carbocycles. The molecule has 1 amide bonds. The van der Waals surface area contributed by atoms with Crippen molar-refractivity contribution in [2.45, 2.75) is 45.4 Å². The molecule has 0 saturated heterocycles. The number of hydrazone groups is 1. The van der Waals surface area contributed by atoms with E-state index in [-0.39, 0.29) is 11.8 Å². The number of benzene rings is 2. The molecule has 2 aromatic carbocycles. The molecule has 0 radical (unpaired) electrons. The van der Waals surface area contributed by atoms with E-state index >= 15 is 0 Å². The molecular formula is C31H37N3O3. The summed E-state index contributed by atoms with van der Waals surface area (Å²) in [6, 6.07) is 17.4. The lowest BCUT2D eigenvalue weighted by molar-refractivity contribution is -0.122. The summed E-state index contributed by atoms with van der Waals surface area (Å²) in [4.78, 5) is 17.2. The first kappa shape index (κ1) is 29.0. The van der Waals surface area contributed by atoms with Crippen LogP contribution in [-0.4, -0.2) is 30.0 Å². The number of ether oxygens (including phenoxy) is 1. The van der Waals surface area contributed by atoms with E-state index in [0.29, 0.717) is 30.9 Å². The Bertz CT molecular complexity index is 1110.